The molecular weight excluding hydrogens is 412 g/mol. The highest BCUT2D eigenvalue weighted by molar-refractivity contribution is 9.11. The van der Waals surface area contributed by atoms with Gasteiger partial charge in [-0.1, -0.05) is 0 Å². The number of halogens is 3. The summed E-state index contributed by atoms with van der Waals surface area (Å²) in [4.78, 5) is 22.2. The predicted molar refractivity (Wildman–Crippen MR) is 69.4 cm³/mol. The number of carbonyl (C=O) groups is 2. The number of hydrogen-bond acceptors (Lipinski definition) is 3. The minimum absolute atomic E-state index is 0.00176. The second-order valence-electron chi connectivity index (χ2n) is 2.78. The topological polar surface area (TPSA) is 106 Å². The molecule has 0 aliphatic carbocycles. The zero-order chi connectivity index (χ0) is 12.6. The lowest BCUT2D eigenvalue weighted by Crippen LogP contribution is -2.16. The Bertz CT molecular complexity index is 461. The number of rotatable bonds is 2. The maximum absolute atomic E-state index is 11.2. The van der Waals surface area contributed by atoms with Gasteiger partial charge in [0.2, 0.25) is 0 Å². The number of carbonyl (C=O) groups excluding carboxylic acids is 1. The highest BCUT2D eigenvalue weighted by Gasteiger charge is 2.25. The normalized spacial score (nSPS) is 10.2. The maximum atomic E-state index is 11.2. The monoisotopic (exact) mass is 414 g/mol. The lowest BCUT2D eigenvalue weighted by Gasteiger charge is -2.12. The number of carboxylic acids is 1. The van der Waals surface area contributed by atoms with Gasteiger partial charge in [0.1, 0.15) is 0 Å². The molecule has 86 valence electrons. The van der Waals surface area contributed by atoms with Crippen molar-refractivity contribution in [3.8, 4) is 0 Å². The molecule has 0 atom stereocenters. The summed E-state index contributed by atoms with van der Waals surface area (Å²) in [6.45, 7) is 0. The molecule has 0 fully saturated rings. The van der Waals surface area contributed by atoms with E-state index >= 15 is 0 Å². The van der Waals surface area contributed by atoms with Crippen LogP contribution >= 0.6 is 47.8 Å². The molecule has 0 spiro atoms. The van der Waals surface area contributed by atoms with Crippen LogP contribution in [-0.2, 0) is 0 Å². The number of amides is 1. The number of anilines is 1. The third kappa shape index (κ3) is 2.09. The van der Waals surface area contributed by atoms with Crippen LogP contribution in [0.25, 0.3) is 0 Å². The zero-order valence-corrected chi connectivity index (χ0v) is 12.3. The number of carboxylic acid groups (broad SMARTS) is 1. The summed E-state index contributed by atoms with van der Waals surface area (Å²) in [6.07, 6.45) is 0. The fourth-order valence-corrected chi connectivity index (χ4v) is 3.81. The van der Waals surface area contributed by atoms with E-state index in [1.165, 1.54) is 0 Å². The van der Waals surface area contributed by atoms with Gasteiger partial charge in [0, 0.05) is 4.47 Å². The van der Waals surface area contributed by atoms with Crippen LogP contribution in [0.3, 0.4) is 0 Å². The van der Waals surface area contributed by atoms with Gasteiger partial charge < -0.3 is 16.6 Å². The minimum Gasteiger partial charge on any atom is -0.478 e. The first-order chi connectivity index (χ1) is 7.29. The van der Waals surface area contributed by atoms with Gasteiger partial charge >= 0.3 is 5.97 Å². The van der Waals surface area contributed by atoms with Crippen molar-refractivity contribution in [2.75, 3.05) is 5.73 Å². The Hall–Kier alpha value is -0.600. The molecule has 1 amide bonds. The van der Waals surface area contributed by atoms with Crippen LogP contribution in [0.5, 0.6) is 0 Å². The van der Waals surface area contributed by atoms with Crippen molar-refractivity contribution in [1.82, 2.24) is 0 Å². The maximum Gasteiger partial charge on any atom is 0.338 e. The second kappa shape index (κ2) is 4.72. The molecule has 5 N–H and O–H groups in total. The molecule has 1 rings (SSSR count). The molecule has 0 aromatic heterocycles. The summed E-state index contributed by atoms with van der Waals surface area (Å²) in [5.41, 5.74) is 10.7. The zero-order valence-electron chi connectivity index (χ0n) is 7.55. The van der Waals surface area contributed by atoms with E-state index in [0.29, 0.717) is 0 Å². The Labute approximate surface area is 116 Å². The van der Waals surface area contributed by atoms with Gasteiger partial charge in [0.25, 0.3) is 5.91 Å². The summed E-state index contributed by atoms with van der Waals surface area (Å²) in [5, 5.41) is 8.99. The third-order valence-electron chi connectivity index (χ3n) is 1.81. The van der Waals surface area contributed by atoms with Gasteiger partial charge in [0.15, 0.2) is 0 Å². The van der Waals surface area contributed by atoms with Crippen LogP contribution in [0.4, 0.5) is 5.69 Å². The van der Waals surface area contributed by atoms with Gasteiger partial charge in [0.05, 0.1) is 25.8 Å². The fraction of sp³-hybridized carbons (Fsp3) is 0. The molecule has 5 nitrogen and oxygen atoms in total. The molecule has 0 radical (unpaired) electrons. The summed E-state index contributed by atoms with van der Waals surface area (Å²) in [5.74, 6) is -2.00. The molecule has 0 bridgehead atoms. The average Bonchev–Trinajstić information content (AvgIpc) is 2.13. The van der Waals surface area contributed by atoms with Crippen LogP contribution < -0.4 is 11.5 Å². The van der Waals surface area contributed by atoms with Crippen LogP contribution in [0.1, 0.15) is 20.7 Å². The lowest BCUT2D eigenvalue weighted by atomic mass is 10.1. The van der Waals surface area contributed by atoms with E-state index in [4.69, 9.17) is 16.6 Å². The van der Waals surface area contributed by atoms with Gasteiger partial charge in [-0.05, 0) is 47.8 Å². The molecule has 8 heteroatoms. The third-order valence-corrected chi connectivity index (χ3v) is 4.25. The predicted octanol–water partition coefficient (Wildman–Crippen LogP) is 2.35. The summed E-state index contributed by atoms with van der Waals surface area (Å²) in [7, 11) is 0. The Morgan fingerprint density at radius 2 is 1.44 bits per heavy atom. The Morgan fingerprint density at radius 1 is 1.00 bits per heavy atom. The summed E-state index contributed by atoms with van der Waals surface area (Å²) >= 11 is 9.16. The summed E-state index contributed by atoms with van der Waals surface area (Å²) < 4.78 is 0.521. The molecule has 1 aromatic carbocycles. The largest absolute Gasteiger partial charge is 0.478 e. The number of nitrogens with two attached hydrogens (primary N) is 2. The van der Waals surface area contributed by atoms with Crippen molar-refractivity contribution >= 4 is 65.4 Å². The van der Waals surface area contributed by atoms with E-state index in [9.17, 15) is 9.59 Å². The van der Waals surface area contributed by atoms with Crippen LogP contribution in [0.2, 0.25) is 0 Å². The number of nitrogen functional groups attached to an aromatic ring is 1. The van der Waals surface area contributed by atoms with E-state index in [2.05, 4.69) is 47.8 Å². The van der Waals surface area contributed by atoms with Crippen LogP contribution in [0, 0.1) is 0 Å². The Morgan fingerprint density at radius 3 is 1.81 bits per heavy atom. The van der Waals surface area contributed by atoms with E-state index in [1.807, 2.05) is 0 Å². The molecule has 0 heterocycles. The first-order valence-corrected chi connectivity index (χ1v) is 6.16. The van der Waals surface area contributed by atoms with E-state index in [1.54, 1.807) is 0 Å². The smallest absolute Gasteiger partial charge is 0.338 e. The Kier molecular flexibility index (Phi) is 3.97. The molecule has 16 heavy (non-hydrogen) atoms. The summed E-state index contributed by atoms with van der Waals surface area (Å²) in [6, 6.07) is 0. The first kappa shape index (κ1) is 13.5. The lowest BCUT2D eigenvalue weighted by molar-refractivity contribution is 0.0695. The van der Waals surface area contributed by atoms with Crippen molar-refractivity contribution in [3.63, 3.8) is 0 Å². The molecule has 0 saturated heterocycles. The molecule has 0 saturated carbocycles. The van der Waals surface area contributed by atoms with Crippen molar-refractivity contribution < 1.29 is 14.7 Å². The van der Waals surface area contributed by atoms with Crippen molar-refractivity contribution in [3.05, 3.63) is 24.5 Å². The standard InChI is InChI=1S/C8H5Br3N2O3/c9-3-1(7(13)14)4(10)6(12)5(11)2(3)8(15)16/h12H2,(H2,13,14)(H,15,16). The van der Waals surface area contributed by atoms with Crippen molar-refractivity contribution in [2.24, 2.45) is 5.73 Å². The van der Waals surface area contributed by atoms with E-state index in [-0.39, 0.29) is 30.2 Å². The Balaban J connectivity index is 3.80. The molecule has 0 aliphatic heterocycles. The van der Waals surface area contributed by atoms with Gasteiger partial charge in [-0.25, -0.2) is 4.79 Å². The van der Waals surface area contributed by atoms with Gasteiger partial charge in [-0.15, -0.1) is 0 Å². The number of primary amides is 1. The van der Waals surface area contributed by atoms with Gasteiger partial charge in [-0.3, -0.25) is 4.79 Å². The second-order valence-corrected chi connectivity index (χ2v) is 5.15. The fourth-order valence-electron chi connectivity index (χ4n) is 1.09. The number of benzene rings is 1. The van der Waals surface area contributed by atoms with Crippen molar-refractivity contribution in [1.29, 1.82) is 0 Å². The van der Waals surface area contributed by atoms with Crippen LogP contribution in [0.15, 0.2) is 13.4 Å². The highest BCUT2D eigenvalue weighted by Crippen LogP contribution is 2.40. The highest BCUT2D eigenvalue weighted by atomic mass is 79.9. The van der Waals surface area contributed by atoms with Gasteiger partial charge in [-0.2, -0.15) is 0 Å². The van der Waals surface area contributed by atoms with E-state index in [0.717, 1.165) is 0 Å². The average molecular weight is 417 g/mol. The molecule has 1 aromatic rings. The van der Waals surface area contributed by atoms with Crippen LogP contribution in [-0.4, -0.2) is 17.0 Å². The SMILES string of the molecule is NC(=O)c1c(Br)c(N)c(Br)c(C(=O)O)c1Br. The minimum atomic E-state index is -1.22. The molecule has 0 unspecified atom stereocenters. The molecule has 0 aliphatic rings. The quantitative estimate of drug-likeness (QED) is 0.643. The number of hydrogen-bond donors (Lipinski definition) is 3. The number of aromatic carboxylic acids is 1. The van der Waals surface area contributed by atoms with E-state index < -0.39 is 11.9 Å². The molecular formula is C8H5Br3N2O3. The first-order valence-electron chi connectivity index (χ1n) is 3.78. The van der Waals surface area contributed by atoms with Crippen molar-refractivity contribution in [2.45, 2.75) is 0 Å².